The van der Waals surface area contributed by atoms with E-state index in [1.54, 1.807) is 55.6 Å². The monoisotopic (exact) mass is 371 g/mol. The van der Waals surface area contributed by atoms with Crippen molar-refractivity contribution >= 4 is 23.3 Å². The Balaban J connectivity index is 2.16. The molecule has 2 aromatic rings. The zero-order valence-electron chi connectivity index (χ0n) is 15.0. The topological polar surface area (TPSA) is 113 Å². The number of carboxylic acids is 1. The van der Waals surface area contributed by atoms with Gasteiger partial charge in [0.2, 0.25) is 5.91 Å². The second-order valence-electron chi connectivity index (χ2n) is 6.18. The van der Waals surface area contributed by atoms with E-state index in [0.717, 1.165) is 0 Å². The van der Waals surface area contributed by atoms with Crippen LogP contribution in [0, 0.1) is 16.0 Å². The van der Waals surface area contributed by atoms with Gasteiger partial charge in [-0.2, -0.15) is 0 Å². The van der Waals surface area contributed by atoms with Gasteiger partial charge >= 0.3 is 5.97 Å². The summed E-state index contributed by atoms with van der Waals surface area (Å²) in [6, 6.07) is 14.2. The van der Waals surface area contributed by atoms with Crippen LogP contribution in [0.4, 0.5) is 11.4 Å². The van der Waals surface area contributed by atoms with E-state index in [9.17, 15) is 24.8 Å². The lowest BCUT2D eigenvalue weighted by Crippen LogP contribution is -2.41. The van der Waals surface area contributed by atoms with Gasteiger partial charge in [-0.15, -0.1) is 0 Å². The van der Waals surface area contributed by atoms with Gasteiger partial charge in [0.1, 0.15) is 5.69 Å². The number of likely N-dealkylation sites (N-methyl/N-ethyl adjacent to an activating group) is 1. The van der Waals surface area contributed by atoms with Crippen molar-refractivity contribution < 1.29 is 19.6 Å². The molecule has 1 amide bonds. The Bertz CT molecular complexity index is 825. The molecule has 2 atom stereocenters. The third-order valence-corrected chi connectivity index (χ3v) is 4.24. The molecular formula is C19H21N3O5. The number of hydrogen-bond acceptors (Lipinski definition) is 5. The number of nitro benzene ring substituents is 1. The van der Waals surface area contributed by atoms with Crippen LogP contribution in [0.15, 0.2) is 54.6 Å². The number of carboxylic acid groups (broad SMARTS) is 1. The molecule has 0 spiro atoms. The van der Waals surface area contributed by atoms with Crippen LogP contribution in [0.25, 0.3) is 0 Å². The highest BCUT2D eigenvalue weighted by molar-refractivity contribution is 5.83. The maximum absolute atomic E-state index is 12.5. The van der Waals surface area contributed by atoms with Crippen LogP contribution in [-0.2, 0) is 9.59 Å². The summed E-state index contributed by atoms with van der Waals surface area (Å²) in [5.41, 5.74) is 0.876. The Morgan fingerprint density at radius 1 is 1.15 bits per heavy atom. The van der Waals surface area contributed by atoms with E-state index in [-0.39, 0.29) is 12.2 Å². The molecule has 0 aliphatic carbocycles. The highest BCUT2D eigenvalue weighted by Gasteiger charge is 2.27. The molecule has 0 heterocycles. The second-order valence-corrected chi connectivity index (χ2v) is 6.18. The minimum absolute atomic E-state index is 0.105. The molecule has 0 fully saturated rings. The highest BCUT2D eigenvalue weighted by Crippen LogP contribution is 2.27. The van der Waals surface area contributed by atoms with Crippen LogP contribution in [-0.4, -0.2) is 35.5 Å². The molecule has 0 aromatic heterocycles. The van der Waals surface area contributed by atoms with Crippen molar-refractivity contribution in [3.8, 4) is 0 Å². The number of benzene rings is 2. The predicted molar refractivity (Wildman–Crippen MR) is 100 cm³/mol. The Morgan fingerprint density at radius 2 is 1.74 bits per heavy atom. The number of hydrogen-bond donors (Lipinski definition) is 2. The van der Waals surface area contributed by atoms with Crippen LogP contribution in [0.5, 0.6) is 0 Å². The van der Waals surface area contributed by atoms with Crippen molar-refractivity contribution in [3.63, 3.8) is 0 Å². The van der Waals surface area contributed by atoms with Gasteiger partial charge in [-0.05, 0) is 18.6 Å². The van der Waals surface area contributed by atoms with Gasteiger partial charge in [0.15, 0.2) is 0 Å². The van der Waals surface area contributed by atoms with E-state index in [2.05, 4.69) is 5.32 Å². The van der Waals surface area contributed by atoms with Crippen molar-refractivity contribution in [2.75, 3.05) is 18.5 Å². The average Bonchev–Trinajstić information content (AvgIpc) is 2.66. The SMILES string of the molecule is CC(C(=O)O)C(NC(=O)CN(C)c1ccccc1[N+](=O)[O-])c1ccccc1. The van der Waals surface area contributed by atoms with E-state index in [4.69, 9.17) is 0 Å². The van der Waals surface area contributed by atoms with Crippen molar-refractivity contribution in [3.05, 3.63) is 70.3 Å². The lowest BCUT2D eigenvalue weighted by molar-refractivity contribution is -0.384. The summed E-state index contributed by atoms with van der Waals surface area (Å²) in [5, 5.41) is 23.2. The van der Waals surface area contributed by atoms with Gasteiger partial charge in [0.05, 0.1) is 23.4 Å². The minimum atomic E-state index is -1.03. The lowest BCUT2D eigenvalue weighted by atomic mass is 9.94. The minimum Gasteiger partial charge on any atom is -0.481 e. The van der Waals surface area contributed by atoms with E-state index in [1.165, 1.54) is 17.9 Å². The second kappa shape index (κ2) is 8.79. The molecule has 0 aliphatic heterocycles. The largest absolute Gasteiger partial charge is 0.481 e. The molecule has 2 unspecified atom stereocenters. The standard InChI is InChI=1S/C19H21N3O5/c1-13(19(24)25)18(14-8-4-3-5-9-14)20-17(23)12-21(2)15-10-6-7-11-16(15)22(26)27/h3-11,13,18H,12H2,1-2H3,(H,20,23)(H,24,25). The lowest BCUT2D eigenvalue weighted by Gasteiger charge is -2.25. The zero-order valence-corrected chi connectivity index (χ0v) is 15.0. The molecule has 27 heavy (non-hydrogen) atoms. The predicted octanol–water partition coefficient (Wildman–Crippen LogP) is 2.61. The molecule has 142 valence electrons. The van der Waals surface area contributed by atoms with E-state index >= 15 is 0 Å². The number of carbonyl (C=O) groups is 2. The van der Waals surface area contributed by atoms with Crippen LogP contribution in [0.3, 0.4) is 0 Å². The third-order valence-electron chi connectivity index (χ3n) is 4.24. The third kappa shape index (κ3) is 5.04. The van der Waals surface area contributed by atoms with Crippen LogP contribution < -0.4 is 10.2 Å². The summed E-state index contributed by atoms with van der Waals surface area (Å²) < 4.78 is 0. The summed E-state index contributed by atoms with van der Waals surface area (Å²) in [6.45, 7) is 1.37. The average molecular weight is 371 g/mol. The zero-order chi connectivity index (χ0) is 20.0. The summed E-state index contributed by atoms with van der Waals surface area (Å²) in [6.07, 6.45) is 0. The summed E-state index contributed by atoms with van der Waals surface area (Å²) >= 11 is 0. The first-order valence-corrected chi connectivity index (χ1v) is 8.33. The number of carbonyl (C=O) groups excluding carboxylic acids is 1. The Morgan fingerprint density at radius 3 is 2.33 bits per heavy atom. The number of nitro groups is 1. The molecule has 2 N–H and O–H groups in total. The molecule has 0 aliphatic rings. The number of nitrogens with one attached hydrogen (secondary N) is 1. The highest BCUT2D eigenvalue weighted by atomic mass is 16.6. The molecule has 2 aromatic carbocycles. The van der Waals surface area contributed by atoms with Gasteiger partial charge in [0.25, 0.3) is 5.69 Å². The first kappa shape index (κ1) is 19.9. The van der Waals surface area contributed by atoms with Gasteiger partial charge in [-0.1, -0.05) is 42.5 Å². The van der Waals surface area contributed by atoms with Crippen molar-refractivity contribution in [1.29, 1.82) is 0 Å². The van der Waals surface area contributed by atoms with E-state index < -0.39 is 28.8 Å². The van der Waals surface area contributed by atoms with Crippen LogP contribution >= 0.6 is 0 Å². The van der Waals surface area contributed by atoms with Gasteiger partial charge < -0.3 is 15.3 Å². The smallest absolute Gasteiger partial charge is 0.308 e. The Hall–Kier alpha value is -3.42. The number of para-hydroxylation sites is 2. The maximum atomic E-state index is 12.5. The maximum Gasteiger partial charge on any atom is 0.308 e. The van der Waals surface area contributed by atoms with Crippen molar-refractivity contribution in [2.45, 2.75) is 13.0 Å². The first-order valence-electron chi connectivity index (χ1n) is 8.33. The molecule has 0 bridgehead atoms. The van der Waals surface area contributed by atoms with Crippen LogP contribution in [0.1, 0.15) is 18.5 Å². The van der Waals surface area contributed by atoms with Gasteiger partial charge in [-0.25, -0.2) is 0 Å². The molecular weight excluding hydrogens is 350 g/mol. The van der Waals surface area contributed by atoms with E-state index in [1.807, 2.05) is 0 Å². The Kier molecular flexibility index (Phi) is 6.48. The number of amides is 1. The summed E-state index contributed by atoms with van der Waals surface area (Å²) in [4.78, 5) is 36.0. The molecule has 8 nitrogen and oxygen atoms in total. The first-order chi connectivity index (χ1) is 12.8. The normalized spacial score (nSPS) is 12.7. The molecule has 2 rings (SSSR count). The number of anilines is 1. The Labute approximate surface area is 156 Å². The van der Waals surface area contributed by atoms with Crippen molar-refractivity contribution in [2.24, 2.45) is 5.92 Å². The van der Waals surface area contributed by atoms with Crippen LogP contribution in [0.2, 0.25) is 0 Å². The fraction of sp³-hybridized carbons (Fsp3) is 0.263. The van der Waals surface area contributed by atoms with Crippen molar-refractivity contribution in [1.82, 2.24) is 5.32 Å². The quantitative estimate of drug-likeness (QED) is 0.545. The summed E-state index contributed by atoms with van der Waals surface area (Å²) in [5.74, 6) is -2.30. The molecule has 0 saturated carbocycles. The molecule has 8 heteroatoms. The van der Waals surface area contributed by atoms with E-state index in [0.29, 0.717) is 11.3 Å². The molecule has 0 saturated heterocycles. The van der Waals surface area contributed by atoms with Gasteiger partial charge in [0, 0.05) is 13.1 Å². The fourth-order valence-electron chi connectivity index (χ4n) is 2.76. The van der Waals surface area contributed by atoms with Gasteiger partial charge in [-0.3, -0.25) is 19.7 Å². The number of rotatable bonds is 8. The molecule has 0 radical (unpaired) electrons. The number of nitrogens with zero attached hydrogens (tertiary/aromatic N) is 2. The number of aliphatic carboxylic acids is 1. The fourth-order valence-corrected chi connectivity index (χ4v) is 2.76. The summed E-state index contributed by atoms with van der Waals surface area (Å²) in [7, 11) is 1.57.